The van der Waals surface area contributed by atoms with Gasteiger partial charge in [0.25, 0.3) is 0 Å². The van der Waals surface area contributed by atoms with E-state index in [-0.39, 0.29) is 5.92 Å². The molecule has 4 heteroatoms. The second-order valence-electron chi connectivity index (χ2n) is 8.06. The summed E-state index contributed by atoms with van der Waals surface area (Å²) >= 11 is 1.75. The van der Waals surface area contributed by atoms with Crippen LogP contribution >= 0.6 is 11.8 Å². The molecule has 5 rings (SSSR count). The van der Waals surface area contributed by atoms with E-state index in [1.54, 1.807) is 18.9 Å². The van der Waals surface area contributed by atoms with Crippen LogP contribution in [0.15, 0.2) is 77.2 Å². The molecule has 0 fully saturated rings. The third-order valence-corrected chi connectivity index (χ3v) is 6.61. The van der Waals surface area contributed by atoms with Crippen LogP contribution in [0.3, 0.4) is 0 Å². The van der Waals surface area contributed by atoms with Crippen LogP contribution in [0.2, 0.25) is 0 Å². The molecule has 2 heterocycles. The second-order valence-corrected chi connectivity index (χ2v) is 8.94. The minimum Gasteiger partial charge on any atom is -0.497 e. The summed E-state index contributed by atoms with van der Waals surface area (Å²) in [6.07, 6.45) is 2.10. The van der Waals surface area contributed by atoms with Gasteiger partial charge in [0.2, 0.25) is 0 Å². The highest BCUT2D eigenvalue weighted by molar-refractivity contribution is 7.98. The molecule has 0 radical (unpaired) electrons. The number of hydrogen-bond acceptors (Lipinski definition) is 4. The topological polar surface area (TPSA) is 27.7 Å². The molecule has 0 aliphatic carbocycles. The molecule has 30 heavy (non-hydrogen) atoms. The Labute approximate surface area is 181 Å². The Kier molecular flexibility index (Phi) is 4.55. The predicted octanol–water partition coefficient (Wildman–Crippen LogP) is 6.52. The molecule has 0 aromatic heterocycles. The second kappa shape index (κ2) is 7.13. The molecule has 2 aliphatic rings. The zero-order valence-electron chi connectivity index (χ0n) is 17.6. The van der Waals surface area contributed by atoms with Crippen molar-refractivity contribution in [1.29, 1.82) is 0 Å². The highest BCUT2D eigenvalue weighted by atomic mass is 32.2. The van der Waals surface area contributed by atoms with Gasteiger partial charge in [0.1, 0.15) is 28.6 Å². The van der Waals surface area contributed by atoms with E-state index in [2.05, 4.69) is 56.5 Å². The Hall–Kier alpha value is -2.85. The Morgan fingerprint density at radius 1 is 0.933 bits per heavy atom. The van der Waals surface area contributed by atoms with Crippen LogP contribution in [0.25, 0.3) is 5.76 Å². The molecular weight excluding hydrogens is 392 g/mol. The molecule has 0 saturated carbocycles. The maximum atomic E-state index is 6.53. The van der Waals surface area contributed by atoms with Gasteiger partial charge in [-0.15, -0.1) is 11.8 Å². The van der Waals surface area contributed by atoms with E-state index in [4.69, 9.17) is 14.2 Å². The molecule has 3 aromatic rings. The molecule has 3 nitrogen and oxygen atoms in total. The first-order valence-electron chi connectivity index (χ1n) is 10.0. The highest BCUT2D eigenvalue weighted by Gasteiger charge is 2.45. The Balaban J connectivity index is 1.79. The zero-order valence-corrected chi connectivity index (χ0v) is 18.4. The van der Waals surface area contributed by atoms with E-state index in [0.29, 0.717) is 0 Å². The molecule has 0 spiro atoms. The van der Waals surface area contributed by atoms with Crippen molar-refractivity contribution >= 4 is 17.5 Å². The number of methoxy groups -OCH3 is 1. The SMILES string of the molecule is COc1ccc2c(c1)C(c1ccc(SC)cc1)C1=C(O2)c2ccccc2OC1(C)C. The average Bonchev–Trinajstić information content (AvgIpc) is 2.77. The molecule has 152 valence electrons. The lowest BCUT2D eigenvalue weighted by Crippen LogP contribution is -2.40. The van der Waals surface area contributed by atoms with Crippen molar-refractivity contribution in [2.45, 2.75) is 30.3 Å². The van der Waals surface area contributed by atoms with Crippen molar-refractivity contribution in [3.8, 4) is 17.2 Å². The van der Waals surface area contributed by atoms with Crippen LogP contribution in [-0.4, -0.2) is 19.0 Å². The summed E-state index contributed by atoms with van der Waals surface area (Å²) in [6.45, 7) is 4.24. The summed E-state index contributed by atoms with van der Waals surface area (Å²) in [5.74, 6) is 3.45. The molecular formula is C26H24O3S. The molecule has 1 atom stereocenters. The van der Waals surface area contributed by atoms with E-state index < -0.39 is 5.60 Å². The van der Waals surface area contributed by atoms with Crippen LogP contribution in [0.5, 0.6) is 17.2 Å². The fourth-order valence-corrected chi connectivity index (χ4v) is 4.87. The van der Waals surface area contributed by atoms with Gasteiger partial charge in [-0.1, -0.05) is 24.3 Å². The quantitative estimate of drug-likeness (QED) is 0.454. The third kappa shape index (κ3) is 2.98. The van der Waals surface area contributed by atoms with Gasteiger partial charge >= 0.3 is 0 Å². The van der Waals surface area contributed by atoms with Crippen LogP contribution < -0.4 is 14.2 Å². The van der Waals surface area contributed by atoms with Crippen LogP contribution in [0, 0.1) is 0 Å². The standard InChI is InChI=1S/C26H24O3S/c1-26(2)24-23(16-9-12-18(30-4)13-10-16)20-15-17(27-3)11-14-21(20)28-25(24)19-7-5-6-8-22(19)29-26/h5-15,23H,1-4H3. The van der Waals surface area contributed by atoms with Crippen LogP contribution in [-0.2, 0) is 0 Å². The number of thioether (sulfide) groups is 1. The van der Waals surface area contributed by atoms with Gasteiger partial charge < -0.3 is 14.2 Å². The first-order chi connectivity index (χ1) is 14.5. The van der Waals surface area contributed by atoms with E-state index in [9.17, 15) is 0 Å². The fourth-order valence-electron chi connectivity index (χ4n) is 4.46. The Morgan fingerprint density at radius 2 is 1.70 bits per heavy atom. The summed E-state index contributed by atoms with van der Waals surface area (Å²) in [4.78, 5) is 1.25. The van der Waals surface area contributed by atoms with Gasteiger partial charge in [0.15, 0.2) is 0 Å². The molecule has 0 bridgehead atoms. The summed E-state index contributed by atoms with van der Waals surface area (Å²) in [7, 11) is 1.70. The number of hydrogen-bond donors (Lipinski definition) is 0. The lowest BCUT2D eigenvalue weighted by atomic mass is 9.74. The third-order valence-electron chi connectivity index (χ3n) is 5.87. The molecule has 0 amide bonds. The first-order valence-corrected chi connectivity index (χ1v) is 11.3. The molecule has 0 N–H and O–H groups in total. The minimum atomic E-state index is -0.521. The van der Waals surface area contributed by atoms with Crippen molar-refractivity contribution in [3.05, 3.63) is 89.0 Å². The van der Waals surface area contributed by atoms with Gasteiger partial charge in [0.05, 0.1) is 12.7 Å². The Morgan fingerprint density at radius 3 is 2.43 bits per heavy atom. The van der Waals surface area contributed by atoms with Gasteiger partial charge in [-0.05, 0) is 68.1 Å². The molecule has 1 unspecified atom stereocenters. The Bertz CT molecular complexity index is 1150. The first kappa shape index (κ1) is 19.1. The summed E-state index contributed by atoms with van der Waals surface area (Å²) in [6, 6.07) is 22.9. The monoisotopic (exact) mass is 416 g/mol. The predicted molar refractivity (Wildman–Crippen MR) is 122 cm³/mol. The van der Waals surface area contributed by atoms with E-state index >= 15 is 0 Å². The lowest BCUT2D eigenvalue weighted by molar-refractivity contribution is 0.132. The highest BCUT2D eigenvalue weighted by Crippen LogP contribution is 2.54. The zero-order chi connectivity index (χ0) is 20.9. The van der Waals surface area contributed by atoms with Crippen LogP contribution in [0.1, 0.15) is 36.5 Å². The van der Waals surface area contributed by atoms with E-state index in [1.807, 2.05) is 30.3 Å². The fraction of sp³-hybridized carbons (Fsp3) is 0.231. The number of ether oxygens (including phenoxy) is 3. The van der Waals surface area contributed by atoms with Crippen LogP contribution in [0.4, 0.5) is 0 Å². The minimum absolute atomic E-state index is 0.0121. The van der Waals surface area contributed by atoms with Crippen molar-refractivity contribution in [2.24, 2.45) is 0 Å². The van der Waals surface area contributed by atoms with Crippen molar-refractivity contribution in [1.82, 2.24) is 0 Å². The van der Waals surface area contributed by atoms with Gasteiger partial charge in [-0.2, -0.15) is 0 Å². The number of rotatable bonds is 3. The van der Waals surface area contributed by atoms with Crippen molar-refractivity contribution in [2.75, 3.05) is 13.4 Å². The van der Waals surface area contributed by atoms with Gasteiger partial charge in [-0.3, -0.25) is 0 Å². The van der Waals surface area contributed by atoms with E-state index in [0.717, 1.165) is 39.7 Å². The summed E-state index contributed by atoms with van der Waals surface area (Å²) < 4.78 is 18.6. The molecule has 3 aromatic carbocycles. The average molecular weight is 417 g/mol. The van der Waals surface area contributed by atoms with E-state index in [1.165, 1.54) is 10.5 Å². The van der Waals surface area contributed by atoms with Gasteiger partial charge in [-0.25, -0.2) is 0 Å². The number of benzene rings is 3. The van der Waals surface area contributed by atoms with Gasteiger partial charge in [0, 0.05) is 21.9 Å². The maximum Gasteiger partial charge on any atom is 0.142 e. The normalized spacial score (nSPS) is 18.5. The number of para-hydroxylation sites is 1. The smallest absolute Gasteiger partial charge is 0.142 e. The number of fused-ring (bicyclic) bond motifs is 3. The lowest BCUT2D eigenvalue weighted by Gasteiger charge is -2.43. The summed E-state index contributed by atoms with van der Waals surface area (Å²) in [5, 5.41) is 0. The molecule has 2 aliphatic heterocycles. The largest absolute Gasteiger partial charge is 0.497 e. The summed E-state index contributed by atoms with van der Waals surface area (Å²) in [5.41, 5.74) is 3.93. The maximum absolute atomic E-state index is 6.53. The molecule has 0 saturated heterocycles. The van der Waals surface area contributed by atoms with Crippen molar-refractivity contribution < 1.29 is 14.2 Å². The van der Waals surface area contributed by atoms with Crippen molar-refractivity contribution in [3.63, 3.8) is 0 Å².